The normalized spacial score (nSPS) is 22.8. The first-order valence-corrected chi connectivity index (χ1v) is 11.3. The summed E-state index contributed by atoms with van der Waals surface area (Å²) in [6.07, 6.45) is 8.33. The number of carbonyl (C=O) groups is 1. The van der Waals surface area contributed by atoms with E-state index in [2.05, 4.69) is 40.5 Å². The predicted molar refractivity (Wildman–Crippen MR) is 120 cm³/mol. The molecule has 2 aromatic carbocycles. The Morgan fingerprint density at radius 3 is 2.42 bits per heavy atom. The zero-order chi connectivity index (χ0) is 21.6. The van der Waals surface area contributed by atoms with E-state index in [9.17, 15) is 13.6 Å². The van der Waals surface area contributed by atoms with Crippen molar-refractivity contribution < 1.29 is 13.6 Å². The Hall–Kier alpha value is -2.53. The van der Waals surface area contributed by atoms with Crippen molar-refractivity contribution in [1.29, 1.82) is 0 Å². The number of halogens is 2. The van der Waals surface area contributed by atoms with Crippen molar-refractivity contribution in [3.05, 3.63) is 77.4 Å². The molecule has 0 radical (unpaired) electrons. The molecule has 0 bridgehead atoms. The number of nitrogens with one attached hydrogen (secondary N) is 1. The van der Waals surface area contributed by atoms with Gasteiger partial charge in [-0.3, -0.25) is 4.79 Å². The molecule has 1 saturated carbocycles. The van der Waals surface area contributed by atoms with Gasteiger partial charge >= 0.3 is 0 Å². The minimum Gasteiger partial charge on any atom is -0.350 e. The smallest absolute Gasteiger partial charge is 0.244 e. The Balaban J connectivity index is 1.19. The third-order valence-electron chi connectivity index (χ3n) is 6.57. The molecule has 3 nitrogen and oxygen atoms in total. The van der Waals surface area contributed by atoms with E-state index in [1.54, 1.807) is 0 Å². The lowest BCUT2D eigenvalue weighted by atomic mass is 9.89. The van der Waals surface area contributed by atoms with Gasteiger partial charge < -0.3 is 10.2 Å². The number of rotatable bonds is 6. The molecule has 31 heavy (non-hydrogen) atoms. The van der Waals surface area contributed by atoms with Gasteiger partial charge in [-0.15, -0.1) is 0 Å². The Kier molecular flexibility index (Phi) is 7.13. The molecule has 2 fully saturated rings. The number of piperidine rings is 1. The van der Waals surface area contributed by atoms with E-state index in [0.717, 1.165) is 45.0 Å². The third-order valence-corrected chi connectivity index (χ3v) is 6.57. The van der Waals surface area contributed by atoms with E-state index in [1.165, 1.54) is 42.7 Å². The van der Waals surface area contributed by atoms with Gasteiger partial charge in [0.05, 0.1) is 0 Å². The van der Waals surface area contributed by atoms with Crippen molar-refractivity contribution in [2.75, 3.05) is 19.6 Å². The first kappa shape index (κ1) is 21.7. The quantitative estimate of drug-likeness (QED) is 0.651. The van der Waals surface area contributed by atoms with Crippen LogP contribution in [0, 0.1) is 17.6 Å². The fraction of sp³-hybridized carbons (Fsp3) is 0.423. The number of likely N-dealkylation sites (tertiary alicyclic amines) is 1. The number of carbonyl (C=O) groups excluding carboxylic acids is 1. The van der Waals surface area contributed by atoms with Gasteiger partial charge in [0.2, 0.25) is 5.91 Å². The van der Waals surface area contributed by atoms with Crippen molar-refractivity contribution >= 4 is 12.0 Å². The van der Waals surface area contributed by atoms with Crippen LogP contribution in [0.25, 0.3) is 6.08 Å². The first-order chi connectivity index (χ1) is 15.0. The van der Waals surface area contributed by atoms with Gasteiger partial charge in [-0.05, 0) is 86.4 Å². The van der Waals surface area contributed by atoms with E-state index >= 15 is 0 Å². The molecule has 1 aliphatic heterocycles. The largest absolute Gasteiger partial charge is 0.350 e. The first-order valence-electron chi connectivity index (χ1n) is 11.3. The van der Waals surface area contributed by atoms with Crippen LogP contribution in [-0.4, -0.2) is 36.5 Å². The summed E-state index contributed by atoms with van der Waals surface area (Å²) in [6, 6.07) is 14.2. The second kappa shape index (κ2) is 10.2. The summed E-state index contributed by atoms with van der Waals surface area (Å²) >= 11 is 0. The van der Waals surface area contributed by atoms with Crippen molar-refractivity contribution in [3.63, 3.8) is 0 Å². The maximum Gasteiger partial charge on any atom is 0.244 e. The zero-order valence-corrected chi connectivity index (χ0v) is 17.8. The maximum atomic E-state index is 13.2. The summed E-state index contributed by atoms with van der Waals surface area (Å²) in [5, 5.41) is 3.04. The Morgan fingerprint density at radius 2 is 1.71 bits per heavy atom. The molecule has 0 aromatic heterocycles. The topological polar surface area (TPSA) is 32.3 Å². The van der Waals surface area contributed by atoms with Crippen molar-refractivity contribution in [1.82, 2.24) is 10.2 Å². The van der Waals surface area contributed by atoms with E-state index in [-0.39, 0.29) is 11.9 Å². The minimum absolute atomic E-state index is 0.174. The van der Waals surface area contributed by atoms with Gasteiger partial charge in [0.15, 0.2) is 0 Å². The monoisotopic (exact) mass is 424 g/mol. The summed E-state index contributed by atoms with van der Waals surface area (Å²) in [7, 11) is 0. The summed E-state index contributed by atoms with van der Waals surface area (Å²) in [6.45, 7) is 3.38. The molecule has 1 N–H and O–H groups in total. The SMILES string of the molecule is O=C(/C=C/c1cc(F)cc(F)c1)N[C@@H]1CC[C@H](CN2CCC(c3ccccc3)CC2)C1. The number of benzene rings is 2. The average molecular weight is 425 g/mol. The van der Waals surface area contributed by atoms with Gasteiger partial charge in [-0.1, -0.05) is 30.3 Å². The highest BCUT2D eigenvalue weighted by Gasteiger charge is 2.28. The second-order valence-electron chi connectivity index (χ2n) is 8.91. The van der Waals surface area contributed by atoms with Crippen LogP contribution < -0.4 is 5.32 Å². The minimum atomic E-state index is -0.647. The fourth-order valence-electron chi connectivity index (χ4n) is 5.00. The van der Waals surface area contributed by atoms with E-state index in [4.69, 9.17) is 0 Å². The van der Waals surface area contributed by atoms with Crippen LogP contribution in [-0.2, 0) is 4.79 Å². The molecular formula is C26H30F2N2O. The van der Waals surface area contributed by atoms with Crippen molar-refractivity contribution in [2.45, 2.75) is 44.1 Å². The van der Waals surface area contributed by atoms with E-state index < -0.39 is 11.6 Å². The van der Waals surface area contributed by atoms with Crippen LogP contribution in [0.1, 0.15) is 49.1 Å². The maximum absolute atomic E-state index is 13.2. The Labute approximate surface area is 183 Å². The molecule has 0 spiro atoms. The van der Waals surface area contributed by atoms with Crippen LogP contribution in [0.5, 0.6) is 0 Å². The molecule has 2 aromatic rings. The van der Waals surface area contributed by atoms with Crippen LogP contribution in [0.2, 0.25) is 0 Å². The summed E-state index contributed by atoms with van der Waals surface area (Å²) in [4.78, 5) is 14.8. The van der Waals surface area contributed by atoms with Crippen LogP contribution >= 0.6 is 0 Å². The molecule has 5 heteroatoms. The summed E-state index contributed by atoms with van der Waals surface area (Å²) in [5.41, 5.74) is 1.80. The molecule has 1 heterocycles. The lowest BCUT2D eigenvalue weighted by molar-refractivity contribution is -0.117. The molecule has 1 saturated heterocycles. The van der Waals surface area contributed by atoms with Gasteiger partial charge in [0, 0.05) is 24.7 Å². The lowest BCUT2D eigenvalue weighted by Gasteiger charge is -2.33. The van der Waals surface area contributed by atoms with Crippen molar-refractivity contribution in [3.8, 4) is 0 Å². The summed E-state index contributed by atoms with van der Waals surface area (Å²) in [5.74, 6) is -0.219. The van der Waals surface area contributed by atoms with Crippen LogP contribution in [0.3, 0.4) is 0 Å². The van der Waals surface area contributed by atoms with Gasteiger partial charge in [0.25, 0.3) is 0 Å². The predicted octanol–water partition coefficient (Wildman–Crippen LogP) is 5.14. The van der Waals surface area contributed by atoms with Gasteiger partial charge in [0.1, 0.15) is 11.6 Å². The zero-order valence-electron chi connectivity index (χ0n) is 17.8. The highest BCUT2D eigenvalue weighted by molar-refractivity contribution is 5.91. The second-order valence-corrected chi connectivity index (χ2v) is 8.91. The molecule has 1 amide bonds. The molecule has 2 atom stereocenters. The lowest BCUT2D eigenvalue weighted by Crippen LogP contribution is -2.37. The number of nitrogens with zero attached hydrogens (tertiary/aromatic N) is 1. The highest BCUT2D eigenvalue weighted by atomic mass is 19.1. The number of hydrogen-bond donors (Lipinski definition) is 1. The molecule has 164 valence electrons. The van der Waals surface area contributed by atoms with Crippen molar-refractivity contribution in [2.24, 2.45) is 5.92 Å². The number of amides is 1. The van der Waals surface area contributed by atoms with Gasteiger partial charge in [-0.25, -0.2) is 8.78 Å². The standard InChI is InChI=1S/C26H30F2N2O/c27-23-14-19(15-24(28)17-23)7-9-26(31)29-25-8-6-20(16-25)18-30-12-10-22(11-13-30)21-4-2-1-3-5-21/h1-5,7,9,14-15,17,20,22,25H,6,8,10-13,16,18H2,(H,29,31)/b9-7+/t20-,25+/m0/s1. The van der Waals surface area contributed by atoms with Gasteiger partial charge in [-0.2, -0.15) is 0 Å². The fourth-order valence-corrected chi connectivity index (χ4v) is 5.00. The van der Waals surface area contributed by atoms with E-state index in [1.807, 2.05) is 0 Å². The molecule has 0 unspecified atom stereocenters. The summed E-state index contributed by atoms with van der Waals surface area (Å²) < 4.78 is 26.5. The molecule has 2 aliphatic rings. The Morgan fingerprint density at radius 1 is 1.00 bits per heavy atom. The average Bonchev–Trinajstić information content (AvgIpc) is 3.19. The molecule has 1 aliphatic carbocycles. The van der Waals surface area contributed by atoms with E-state index in [0.29, 0.717) is 17.4 Å². The molecular weight excluding hydrogens is 394 g/mol. The van der Waals surface area contributed by atoms with Crippen LogP contribution in [0.4, 0.5) is 8.78 Å². The third kappa shape index (κ3) is 6.23. The van der Waals surface area contributed by atoms with Crippen LogP contribution in [0.15, 0.2) is 54.6 Å². The molecule has 4 rings (SSSR count). The number of hydrogen-bond acceptors (Lipinski definition) is 2. The highest BCUT2D eigenvalue weighted by Crippen LogP contribution is 2.31. The Bertz CT molecular complexity index is 887.